The van der Waals surface area contributed by atoms with Gasteiger partial charge in [-0.05, 0) is 32.0 Å². The van der Waals surface area contributed by atoms with Crippen LogP contribution in [0.25, 0.3) is 11.3 Å². The van der Waals surface area contributed by atoms with Crippen LogP contribution >= 0.6 is 0 Å². The zero-order valence-corrected chi connectivity index (χ0v) is 9.81. The number of nitrogens with zero attached hydrogens (tertiary/aromatic N) is 1. The van der Waals surface area contributed by atoms with Crippen molar-refractivity contribution in [3.8, 4) is 17.0 Å². The number of rotatable bonds is 3. The molecule has 1 N–H and O–H groups in total. The fourth-order valence-corrected chi connectivity index (χ4v) is 1.57. The molecule has 17 heavy (non-hydrogen) atoms. The van der Waals surface area contributed by atoms with E-state index in [-0.39, 0.29) is 11.8 Å². The molecular formula is C13H14N2O2. The van der Waals surface area contributed by atoms with E-state index < -0.39 is 0 Å². The van der Waals surface area contributed by atoms with E-state index in [4.69, 9.17) is 4.74 Å². The van der Waals surface area contributed by atoms with Crippen LogP contribution in [0.2, 0.25) is 0 Å². The monoisotopic (exact) mass is 230 g/mol. The van der Waals surface area contributed by atoms with E-state index in [0.717, 1.165) is 11.3 Å². The van der Waals surface area contributed by atoms with E-state index in [1.165, 1.54) is 6.20 Å². The van der Waals surface area contributed by atoms with Gasteiger partial charge in [0.15, 0.2) is 0 Å². The first-order valence-electron chi connectivity index (χ1n) is 5.48. The van der Waals surface area contributed by atoms with E-state index in [0.29, 0.717) is 5.69 Å². The molecule has 0 amide bonds. The third-order valence-electron chi connectivity index (χ3n) is 2.21. The second kappa shape index (κ2) is 4.82. The van der Waals surface area contributed by atoms with Gasteiger partial charge in [-0.25, -0.2) is 9.78 Å². The summed E-state index contributed by atoms with van der Waals surface area (Å²) in [6, 6.07) is 9.35. The molecule has 4 heteroatoms. The number of H-pyrrole nitrogens is 1. The molecule has 2 rings (SSSR count). The molecule has 0 bridgehead atoms. The van der Waals surface area contributed by atoms with Crippen molar-refractivity contribution in [1.82, 2.24) is 9.97 Å². The predicted octanol–water partition coefficient (Wildman–Crippen LogP) is 2.22. The van der Waals surface area contributed by atoms with Gasteiger partial charge in [0.05, 0.1) is 11.8 Å². The number of aromatic amines is 1. The molecule has 0 fully saturated rings. The van der Waals surface area contributed by atoms with Crippen LogP contribution in [0.5, 0.6) is 5.75 Å². The van der Waals surface area contributed by atoms with Crippen LogP contribution in [0.4, 0.5) is 0 Å². The number of hydrogen-bond donors (Lipinski definition) is 1. The van der Waals surface area contributed by atoms with E-state index in [1.54, 1.807) is 6.07 Å². The summed E-state index contributed by atoms with van der Waals surface area (Å²) in [7, 11) is 0. The lowest BCUT2D eigenvalue weighted by atomic mass is 10.1. The lowest BCUT2D eigenvalue weighted by molar-refractivity contribution is 0.243. The second-order valence-corrected chi connectivity index (χ2v) is 3.95. The van der Waals surface area contributed by atoms with Crippen molar-refractivity contribution in [2.24, 2.45) is 0 Å². The third kappa shape index (κ3) is 2.72. The van der Waals surface area contributed by atoms with Gasteiger partial charge >= 0.3 is 5.69 Å². The highest BCUT2D eigenvalue weighted by molar-refractivity contribution is 5.66. The average molecular weight is 230 g/mol. The zero-order chi connectivity index (χ0) is 12.3. The average Bonchev–Trinajstić information content (AvgIpc) is 2.29. The normalized spacial score (nSPS) is 10.5. The Morgan fingerprint density at radius 2 is 2.00 bits per heavy atom. The molecule has 1 aromatic carbocycles. The zero-order valence-electron chi connectivity index (χ0n) is 9.81. The summed E-state index contributed by atoms with van der Waals surface area (Å²) >= 11 is 0. The summed E-state index contributed by atoms with van der Waals surface area (Å²) in [6.45, 7) is 3.93. The van der Waals surface area contributed by atoms with Gasteiger partial charge in [0.1, 0.15) is 5.75 Å². The van der Waals surface area contributed by atoms with E-state index >= 15 is 0 Å². The molecule has 1 heterocycles. The minimum atomic E-state index is -0.359. The fraction of sp³-hybridized carbons (Fsp3) is 0.231. The number of ether oxygens (including phenoxy) is 1. The van der Waals surface area contributed by atoms with Crippen molar-refractivity contribution in [2.45, 2.75) is 20.0 Å². The third-order valence-corrected chi connectivity index (χ3v) is 2.21. The van der Waals surface area contributed by atoms with Crippen LogP contribution in [0.15, 0.2) is 41.3 Å². The van der Waals surface area contributed by atoms with Gasteiger partial charge in [0, 0.05) is 11.8 Å². The van der Waals surface area contributed by atoms with Crippen LogP contribution in [0.1, 0.15) is 13.8 Å². The summed E-state index contributed by atoms with van der Waals surface area (Å²) in [5.74, 6) is 0.754. The van der Waals surface area contributed by atoms with Crippen molar-refractivity contribution in [1.29, 1.82) is 0 Å². The lowest BCUT2D eigenvalue weighted by Crippen LogP contribution is -2.11. The van der Waals surface area contributed by atoms with Crippen LogP contribution < -0.4 is 10.4 Å². The summed E-state index contributed by atoms with van der Waals surface area (Å²) < 4.78 is 5.70. The quantitative estimate of drug-likeness (QED) is 0.879. The Bertz CT molecular complexity index is 561. The summed E-state index contributed by atoms with van der Waals surface area (Å²) in [6.07, 6.45) is 1.57. The second-order valence-electron chi connectivity index (χ2n) is 3.95. The Morgan fingerprint density at radius 3 is 2.71 bits per heavy atom. The number of aromatic nitrogens is 2. The van der Waals surface area contributed by atoms with Gasteiger partial charge in [-0.2, -0.15) is 0 Å². The lowest BCUT2D eigenvalue weighted by Gasteiger charge is -2.13. The SMILES string of the molecule is CC(C)Oc1ccccc1-c1ccnc(=O)[nH]1. The van der Waals surface area contributed by atoms with Crippen molar-refractivity contribution < 1.29 is 4.74 Å². The van der Waals surface area contributed by atoms with Crippen LogP contribution in [-0.4, -0.2) is 16.1 Å². The maximum atomic E-state index is 11.2. The summed E-state index contributed by atoms with van der Waals surface area (Å²) in [5, 5.41) is 0. The first kappa shape index (κ1) is 11.4. The molecule has 0 saturated heterocycles. The molecular weight excluding hydrogens is 216 g/mol. The van der Waals surface area contributed by atoms with E-state index in [1.807, 2.05) is 38.1 Å². The van der Waals surface area contributed by atoms with Crippen LogP contribution in [0, 0.1) is 0 Å². The fourth-order valence-electron chi connectivity index (χ4n) is 1.57. The Kier molecular flexibility index (Phi) is 3.23. The Hall–Kier alpha value is -2.10. The van der Waals surface area contributed by atoms with Crippen molar-refractivity contribution in [3.63, 3.8) is 0 Å². The van der Waals surface area contributed by atoms with Crippen molar-refractivity contribution >= 4 is 0 Å². The van der Waals surface area contributed by atoms with Gasteiger partial charge in [-0.1, -0.05) is 12.1 Å². The first-order chi connectivity index (χ1) is 8.16. The largest absolute Gasteiger partial charge is 0.490 e. The van der Waals surface area contributed by atoms with Crippen molar-refractivity contribution in [3.05, 3.63) is 47.0 Å². The molecule has 0 radical (unpaired) electrons. The van der Waals surface area contributed by atoms with Crippen molar-refractivity contribution in [2.75, 3.05) is 0 Å². The first-order valence-corrected chi connectivity index (χ1v) is 5.48. The molecule has 4 nitrogen and oxygen atoms in total. The van der Waals surface area contributed by atoms with Crippen LogP contribution in [0.3, 0.4) is 0 Å². The molecule has 0 unspecified atom stereocenters. The van der Waals surface area contributed by atoms with E-state index in [2.05, 4.69) is 9.97 Å². The summed E-state index contributed by atoms with van der Waals surface area (Å²) in [4.78, 5) is 17.5. The highest BCUT2D eigenvalue weighted by Crippen LogP contribution is 2.28. The maximum absolute atomic E-state index is 11.2. The number of nitrogens with one attached hydrogen (secondary N) is 1. The Balaban J connectivity index is 2.48. The number of benzene rings is 1. The number of para-hydroxylation sites is 1. The molecule has 0 aliphatic carbocycles. The van der Waals surface area contributed by atoms with Crippen LogP contribution in [-0.2, 0) is 0 Å². The highest BCUT2D eigenvalue weighted by Gasteiger charge is 2.07. The minimum absolute atomic E-state index is 0.0877. The minimum Gasteiger partial charge on any atom is -0.490 e. The van der Waals surface area contributed by atoms with Gasteiger partial charge in [-0.3, -0.25) is 0 Å². The summed E-state index contributed by atoms with van der Waals surface area (Å²) in [5.41, 5.74) is 1.21. The predicted molar refractivity (Wildman–Crippen MR) is 66.1 cm³/mol. The van der Waals surface area contributed by atoms with Gasteiger partial charge in [0.25, 0.3) is 0 Å². The molecule has 88 valence electrons. The smallest absolute Gasteiger partial charge is 0.345 e. The molecule has 0 saturated carbocycles. The molecule has 0 aliphatic heterocycles. The molecule has 0 aliphatic rings. The van der Waals surface area contributed by atoms with Gasteiger partial charge < -0.3 is 9.72 Å². The number of hydrogen-bond acceptors (Lipinski definition) is 3. The van der Waals surface area contributed by atoms with Gasteiger partial charge in [-0.15, -0.1) is 0 Å². The standard InChI is InChI=1S/C13H14N2O2/c1-9(2)17-12-6-4-3-5-10(12)11-7-8-14-13(16)15-11/h3-9H,1-2H3,(H,14,15,16). The maximum Gasteiger partial charge on any atom is 0.345 e. The highest BCUT2D eigenvalue weighted by atomic mass is 16.5. The van der Waals surface area contributed by atoms with Gasteiger partial charge in [0.2, 0.25) is 0 Å². The molecule has 0 atom stereocenters. The Morgan fingerprint density at radius 1 is 1.24 bits per heavy atom. The molecule has 0 spiro atoms. The van der Waals surface area contributed by atoms with E-state index in [9.17, 15) is 4.79 Å². The Labute approximate surface area is 99.3 Å². The molecule has 1 aromatic heterocycles. The molecule has 2 aromatic rings. The topological polar surface area (TPSA) is 55.0 Å².